The summed E-state index contributed by atoms with van der Waals surface area (Å²) in [6.07, 6.45) is 1.63. The van der Waals surface area contributed by atoms with Crippen molar-refractivity contribution in [3.8, 4) is 11.5 Å². The van der Waals surface area contributed by atoms with Crippen molar-refractivity contribution >= 4 is 11.8 Å². The highest BCUT2D eigenvalue weighted by atomic mass is 16.5. The molecule has 2 heterocycles. The first-order valence-corrected chi connectivity index (χ1v) is 8.11. The van der Waals surface area contributed by atoms with Crippen LogP contribution in [-0.4, -0.2) is 59.3 Å². The first-order valence-electron chi connectivity index (χ1n) is 8.11. The fraction of sp³-hybridized carbons (Fsp3) is 0.412. The first-order chi connectivity index (χ1) is 11.7. The van der Waals surface area contributed by atoms with Crippen LogP contribution in [0.15, 0.2) is 30.5 Å². The maximum absolute atomic E-state index is 9.06. The van der Waals surface area contributed by atoms with Crippen LogP contribution in [-0.2, 0) is 0 Å². The minimum atomic E-state index is 0.183. The second kappa shape index (κ2) is 7.46. The van der Waals surface area contributed by atoms with Gasteiger partial charge in [0.15, 0.2) is 11.6 Å². The number of ether oxygens (including phenoxy) is 1. The van der Waals surface area contributed by atoms with Crippen molar-refractivity contribution in [3.63, 3.8) is 0 Å². The fourth-order valence-corrected chi connectivity index (χ4v) is 2.80. The number of β-amino-alcohol motifs (C(OH)–C–C–N with tert-alkyl or cyclic N) is 1. The van der Waals surface area contributed by atoms with Crippen LogP contribution in [0.5, 0.6) is 11.5 Å². The van der Waals surface area contributed by atoms with Crippen LogP contribution in [0, 0.1) is 6.92 Å². The summed E-state index contributed by atoms with van der Waals surface area (Å²) in [5.74, 6) is 2.31. The number of nitrogens with zero attached hydrogens (tertiary/aromatic N) is 4. The summed E-state index contributed by atoms with van der Waals surface area (Å²) in [6, 6.07) is 7.86. The molecular weight excluding hydrogens is 306 g/mol. The summed E-state index contributed by atoms with van der Waals surface area (Å²) in [5.41, 5.74) is 6.91. The lowest BCUT2D eigenvalue weighted by Gasteiger charge is -2.35. The highest BCUT2D eigenvalue weighted by Crippen LogP contribution is 2.31. The highest BCUT2D eigenvalue weighted by molar-refractivity contribution is 5.55. The molecule has 0 unspecified atom stereocenters. The van der Waals surface area contributed by atoms with Gasteiger partial charge in [-0.1, -0.05) is 12.1 Å². The Labute approximate surface area is 141 Å². The lowest BCUT2D eigenvalue weighted by atomic mass is 10.2. The van der Waals surface area contributed by atoms with Crippen LogP contribution in [0.2, 0.25) is 0 Å². The van der Waals surface area contributed by atoms with E-state index in [-0.39, 0.29) is 12.6 Å². The number of nitrogens with two attached hydrogens (primary N) is 1. The number of rotatable bonds is 5. The zero-order valence-electron chi connectivity index (χ0n) is 13.9. The molecule has 0 spiro atoms. The lowest BCUT2D eigenvalue weighted by molar-refractivity contribution is 0.188. The highest BCUT2D eigenvalue weighted by Gasteiger charge is 2.21. The molecule has 1 saturated heterocycles. The zero-order chi connectivity index (χ0) is 16.9. The number of aryl methyl sites for hydroxylation is 1. The minimum Gasteiger partial charge on any atom is -0.452 e. The Hall–Kier alpha value is -2.38. The number of hydrogen-bond acceptors (Lipinski definition) is 7. The average Bonchev–Trinajstić information content (AvgIpc) is 2.58. The normalized spacial score (nSPS) is 15.5. The van der Waals surface area contributed by atoms with E-state index >= 15 is 0 Å². The van der Waals surface area contributed by atoms with Crippen LogP contribution < -0.4 is 15.4 Å². The molecule has 1 fully saturated rings. The van der Waals surface area contributed by atoms with Gasteiger partial charge in [-0.2, -0.15) is 4.98 Å². The van der Waals surface area contributed by atoms with Crippen molar-refractivity contribution in [3.05, 3.63) is 36.0 Å². The molecule has 1 aliphatic rings. The van der Waals surface area contributed by atoms with E-state index < -0.39 is 0 Å². The van der Waals surface area contributed by atoms with E-state index in [0.29, 0.717) is 18.1 Å². The molecule has 1 aromatic heterocycles. The van der Waals surface area contributed by atoms with Crippen molar-refractivity contribution in [2.45, 2.75) is 6.92 Å². The smallest absolute Gasteiger partial charge is 0.222 e. The molecule has 0 saturated carbocycles. The number of aromatic nitrogens is 2. The van der Waals surface area contributed by atoms with Crippen molar-refractivity contribution < 1.29 is 9.84 Å². The van der Waals surface area contributed by atoms with E-state index in [1.165, 1.54) is 0 Å². The Kier molecular flexibility index (Phi) is 5.12. The van der Waals surface area contributed by atoms with E-state index in [4.69, 9.17) is 15.6 Å². The van der Waals surface area contributed by atoms with Crippen molar-refractivity contribution in [1.82, 2.24) is 14.9 Å². The van der Waals surface area contributed by atoms with Crippen LogP contribution in [0.25, 0.3) is 0 Å². The fourth-order valence-electron chi connectivity index (χ4n) is 2.80. The predicted molar refractivity (Wildman–Crippen MR) is 93.4 cm³/mol. The van der Waals surface area contributed by atoms with Gasteiger partial charge in [0.25, 0.3) is 0 Å². The molecule has 3 N–H and O–H groups in total. The molecular formula is C17H23N5O2. The molecule has 1 aromatic carbocycles. The van der Waals surface area contributed by atoms with Gasteiger partial charge in [-0.25, -0.2) is 4.98 Å². The molecule has 0 bridgehead atoms. The van der Waals surface area contributed by atoms with E-state index in [1.807, 2.05) is 31.2 Å². The molecule has 0 radical (unpaired) electrons. The minimum absolute atomic E-state index is 0.183. The summed E-state index contributed by atoms with van der Waals surface area (Å²) < 4.78 is 6.00. The number of piperazine rings is 1. The number of nitrogen functional groups attached to an aromatic ring is 1. The number of anilines is 2. The molecule has 0 amide bonds. The Balaban J connectivity index is 1.79. The van der Waals surface area contributed by atoms with Gasteiger partial charge in [-0.05, 0) is 24.6 Å². The summed E-state index contributed by atoms with van der Waals surface area (Å²) in [7, 11) is 0. The van der Waals surface area contributed by atoms with Crippen molar-refractivity contribution in [2.24, 2.45) is 0 Å². The van der Waals surface area contributed by atoms with Crippen LogP contribution in [0.1, 0.15) is 5.56 Å². The van der Waals surface area contributed by atoms with Crippen LogP contribution >= 0.6 is 0 Å². The van der Waals surface area contributed by atoms with Gasteiger partial charge < -0.3 is 20.5 Å². The quantitative estimate of drug-likeness (QED) is 0.854. The predicted octanol–water partition coefficient (Wildman–Crippen LogP) is 1.27. The van der Waals surface area contributed by atoms with E-state index in [9.17, 15) is 0 Å². The Morgan fingerprint density at radius 2 is 2.04 bits per heavy atom. The monoisotopic (exact) mass is 329 g/mol. The van der Waals surface area contributed by atoms with Crippen molar-refractivity contribution in [2.75, 3.05) is 50.0 Å². The maximum Gasteiger partial charge on any atom is 0.222 e. The molecule has 7 heteroatoms. The summed E-state index contributed by atoms with van der Waals surface area (Å²) in [4.78, 5) is 12.8. The molecule has 24 heavy (non-hydrogen) atoms. The van der Waals surface area contributed by atoms with E-state index in [1.54, 1.807) is 6.20 Å². The topological polar surface area (TPSA) is 87.7 Å². The molecule has 0 atom stereocenters. The maximum atomic E-state index is 9.06. The third-order valence-electron chi connectivity index (χ3n) is 4.06. The molecule has 0 aliphatic carbocycles. The first kappa shape index (κ1) is 16.5. The number of aliphatic hydroxyl groups is 1. The molecule has 128 valence electrons. The number of benzene rings is 1. The largest absolute Gasteiger partial charge is 0.452 e. The zero-order valence-corrected chi connectivity index (χ0v) is 13.9. The van der Waals surface area contributed by atoms with Gasteiger partial charge in [0.1, 0.15) is 5.75 Å². The SMILES string of the molecule is Cc1cccc(Oc2cnc(N)nc2N2CCN(CCO)CC2)c1. The van der Waals surface area contributed by atoms with Crippen molar-refractivity contribution in [1.29, 1.82) is 0 Å². The Morgan fingerprint density at radius 1 is 1.25 bits per heavy atom. The van der Waals surface area contributed by atoms with Gasteiger partial charge in [-0.15, -0.1) is 0 Å². The Bertz CT molecular complexity index is 686. The third kappa shape index (κ3) is 3.93. The van der Waals surface area contributed by atoms with Gasteiger partial charge in [0.05, 0.1) is 12.8 Å². The Morgan fingerprint density at radius 3 is 2.75 bits per heavy atom. The second-order valence-corrected chi connectivity index (χ2v) is 5.89. The summed E-state index contributed by atoms with van der Waals surface area (Å²) in [6.45, 7) is 6.26. The summed E-state index contributed by atoms with van der Waals surface area (Å²) >= 11 is 0. The molecule has 2 aromatic rings. The van der Waals surface area contributed by atoms with E-state index in [0.717, 1.165) is 37.5 Å². The van der Waals surface area contributed by atoms with Gasteiger partial charge in [0.2, 0.25) is 5.95 Å². The second-order valence-electron chi connectivity index (χ2n) is 5.89. The van der Waals surface area contributed by atoms with Gasteiger partial charge in [-0.3, -0.25) is 4.90 Å². The van der Waals surface area contributed by atoms with Gasteiger partial charge in [0, 0.05) is 32.7 Å². The van der Waals surface area contributed by atoms with Crippen LogP contribution in [0.3, 0.4) is 0 Å². The average molecular weight is 329 g/mol. The molecule has 1 aliphatic heterocycles. The standard InChI is InChI=1S/C17H23N5O2/c1-13-3-2-4-14(11-13)24-15-12-19-17(18)20-16(15)22-7-5-21(6-8-22)9-10-23/h2-4,11-12,23H,5-10H2,1H3,(H2,18,19,20). The third-order valence-corrected chi connectivity index (χ3v) is 4.06. The van der Waals surface area contributed by atoms with Crippen LogP contribution in [0.4, 0.5) is 11.8 Å². The van der Waals surface area contributed by atoms with E-state index in [2.05, 4.69) is 19.8 Å². The summed E-state index contributed by atoms with van der Waals surface area (Å²) in [5, 5.41) is 9.06. The van der Waals surface area contributed by atoms with Gasteiger partial charge >= 0.3 is 0 Å². The lowest BCUT2D eigenvalue weighted by Crippen LogP contribution is -2.47. The molecule has 7 nitrogen and oxygen atoms in total. The number of aliphatic hydroxyl groups excluding tert-OH is 1. The number of hydrogen-bond donors (Lipinski definition) is 2. The molecule has 3 rings (SSSR count).